The van der Waals surface area contributed by atoms with Gasteiger partial charge in [-0.15, -0.1) is 31.8 Å². The summed E-state index contributed by atoms with van der Waals surface area (Å²) in [5.74, 6) is 1.43. The summed E-state index contributed by atoms with van der Waals surface area (Å²) in [6.45, 7) is 18.9. The molecule has 0 bridgehead atoms. The molecule has 7 unspecified atom stereocenters. The van der Waals surface area contributed by atoms with Gasteiger partial charge in [-0.25, -0.2) is 0 Å². The topological polar surface area (TPSA) is 0 Å². The van der Waals surface area contributed by atoms with Gasteiger partial charge in [-0.3, -0.25) is 0 Å². The van der Waals surface area contributed by atoms with E-state index in [0.29, 0.717) is 34.2 Å². The Morgan fingerprint density at radius 3 is 1.83 bits per heavy atom. The highest BCUT2D eigenvalue weighted by Gasteiger charge is 2.56. The summed E-state index contributed by atoms with van der Waals surface area (Å²) in [6.07, 6.45) is 4.87. The van der Waals surface area contributed by atoms with E-state index >= 15 is 0 Å². The van der Waals surface area contributed by atoms with E-state index in [-0.39, 0.29) is 9.99 Å². The van der Waals surface area contributed by atoms with Crippen molar-refractivity contribution in [3.63, 3.8) is 0 Å². The SMILES string of the molecule is CCC(C)C1(C(C)CC)CC(PC(C)C)C(Cl)C(Cl)(PC(C)C)C1. The van der Waals surface area contributed by atoms with Crippen LogP contribution in [-0.4, -0.2) is 27.0 Å². The molecule has 1 aliphatic carbocycles. The molecule has 0 amide bonds. The molecular weight excluding hydrogens is 373 g/mol. The second kappa shape index (κ2) is 9.58. The van der Waals surface area contributed by atoms with Gasteiger partial charge in [0.15, 0.2) is 0 Å². The van der Waals surface area contributed by atoms with Crippen molar-refractivity contribution < 1.29 is 0 Å². The van der Waals surface area contributed by atoms with E-state index in [0.717, 1.165) is 23.6 Å². The van der Waals surface area contributed by atoms with E-state index in [2.05, 4.69) is 55.4 Å². The van der Waals surface area contributed by atoms with Crippen molar-refractivity contribution in [2.75, 3.05) is 0 Å². The van der Waals surface area contributed by atoms with Crippen molar-refractivity contribution in [1.82, 2.24) is 0 Å². The normalized spacial score (nSPS) is 38.0. The molecule has 0 heterocycles. The Morgan fingerprint density at radius 1 is 0.958 bits per heavy atom. The first-order chi connectivity index (χ1) is 11.0. The van der Waals surface area contributed by atoms with Crippen molar-refractivity contribution in [2.45, 2.75) is 108 Å². The third-order valence-corrected chi connectivity index (χ3v) is 11.3. The molecule has 0 aromatic carbocycles. The highest BCUT2D eigenvalue weighted by molar-refractivity contribution is 7.44. The predicted octanol–water partition coefficient (Wildman–Crippen LogP) is 7.94. The van der Waals surface area contributed by atoms with Gasteiger partial charge in [0.05, 0.1) is 9.99 Å². The molecule has 1 aliphatic rings. The van der Waals surface area contributed by atoms with E-state index in [1.54, 1.807) is 0 Å². The Morgan fingerprint density at radius 2 is 1.46 bits per heavy atom. The molecule has 1 rings (SSSR count). The molecular formula is C20H40Cl2P2. The molecule has 0 aliphatic heterocycles. The van der Waals surface area contributed by atoms with Crippen LogP contribution in [0.25, 0.3) is 0 Å². The van der Waals surface area contributed by atoms with Gasteiger partial charge in [-0.2, -0.15) is 0 Å². The smallest absolute Gasteiger partial charge is 0.0788 e. The predicted molar refractivity (Wildman–Crippen MR) is 119 cm³/mol. The van der Waals surface area contributed by atoms with E-state index in [1.165, 1.54) is 19.3 Å². The van der Waals surface area contributed by atoms with Gasteiger partial charge in [0.2, 0.25) is 0 Å². The fourth-order valence-corrected chi connectivity index (χ4v) is 10.2. The van der Waals surface area contributed by atoms with Crippen molar-refractivity contribution in [1.29, 1.82) is 0 Å². The van der Waals surface area contributed by atoms with Gasteiger partial charge in [-0.1, -0.05) is 76.8 Å². The minimum Gasteiger partial charge on any atom is -0.120 e. The lowest BCUT2D eigenvalue weighted by Crippen LogP contribution is -2.54. The van der Waals surface area contributed by atoms with Gasteiger partial charge in [0.1, 0.15) is 0 Å². The van der Waals surface area contributed by atoms with Crippen LogP contribution < -0.4 is 0 Å². The van der Waals surface area contributed by atoms with E-state index in [1.807, 2.05) is 0 Å². The fourth-order valence-electron chi connectivity index (χ4n) is 4.71. The molecule has 0 saturated heterocycles. The molecule has 24 heavy (non-hydrogen) atoms. The van der Waals surface area contributed by atoms with E-state index in [9.17, 15) is 0 Å². The maximum Gasteiger partial charge on any atom is 0.0788 e. The van der Waals surface area contributed by atoms with E-state index < -0.39 is 0 Å². The van der Waals surface area contributed by atoms with Crippen LogP contribution in [0.4, 0.5) is 0 Å². The summed E-state index contributed by atoms with van der Waals surface area (Å²) in [5.41, 5.74) is 2.26. The van der Waals surface area contributed by atoms with Crippen molar-refractivity contribution >= 4 is 40.4 Å². The lowest BCUT2D eigenvalue weighted by Gasteiger charge is -2.57. The Labute approximate surface area is 165 Å². The fraction of sp³-hybridized carbons (Fsp3) is 1.00. The summed E-state index contributed by atoms with van der Waals surface area (Å²) in [7, 11) is 1.67. The van der Waals surface area contributed by atoms with Crippen LogP contribution >= 0.6 is 40.4 Å². The highest BCUT2D eigenvalue weighted by atomic mass is 35.5. The zero-order valence-electron chi connectivity index (χ0n) is 17.0. The van der Waals surface area contributed by atoms with Crippen LogP contribution in [0.2, 0.25) is 0 Å². The number of hydrogen-bond acceptors (Lipinski definition) is 0. The molecule has 0 aromatic rings. The standard InChI is InChI=1S/C20H40Cl2P2/c1-9-15(7)19(16(8)10-2)11-17(23-13(3)4)18(21)20(22,12-19)24-14(5)6/h13-18,23-24H,9-12H2,1-8H3. The monoisotopic (exact) mass is 412 g/mol. The molecule has 0 aromatic heterocycles. The molecule has 1 saturated carbocycles. The van der Waals surface area contributed by atoms with Crippen LogP contribution in [0, 0.1) is 17.3 Å². The number of hydrogen-bond donors (Lipinski definition) is 0. The Hall–Kier alpha value is 1.44. The Kier molecular flexibility index (Phi) is 9.37. The lowest BCUT2D eigenvalue weighted by atomic mass is 9.58. The van der Waals surface area contributed by atoms with Crippen LogP contribution in [0.1, 0.15) is 81.1 Å². The summed E-state index contributed by atoms with van der Waals surface area (Å²) >= 11 is 14.5. The van der Waals surface area contributed by atoms with Gasteiger partial charge in [-0.05, 0) is 47.1 Å². The Balaban J connectivity index is 3.32. The number of halogens is 2. The zero-order valence-corrected chi connectivity index (χ0v) is 20.6. The molecule has 144 valence electrons. The van der Waals surface area contributed by atoms with E-state index in [4.69, 9.17) is 23.2 Å². The Bertz CT molecular complexity index is 376. The van der Waals surface area contributed by atoms with Gasteiger partial charge < -0.3 is 0 Å². The zero-order chi connectivity index (χ0) is 18.7. The first-order valence-electron chi connectivity index (χ1n) is 9.89. The van der Waals surface area contributed by atoms with Gasteiger partial charge in [0.25, 0.3) is 0 Å². The summed E-state index contributed by atoms with van der Waals surface area (Å²) < 4.78 is -0.215. The highest BCUT2D eigenvalue weighted by Crippen LogP contribution is 2.64. The molecule has 1 fully saturated rings. The maximum atomic E-state index is 7.37. The average molecular weight is 413 g/mol. The maximum absolute atomic E-state index is 7.37. The first-order valence-corrected chi connectivity index (χ1v) is 12.9. The van der Waals surface area contributed by atoms with Gasteiger partial charge in [0, 0.05) is 0 Å². The second-order valence-electron chi connectivity index (χ2n) is 8.72. The molecule has 0 radical (unpaired) electrons. The van der Waals surface area contributed by atoms with Crippen LogP contribution in [0.5, 0.6) is 0 Å². The van der Waals surface area contributed by atoms with Gasteiger partial charge >= 0.3 is 0 Å². The number of alkyl halides is 2. The van der Waals surface area contributed by atoms with Crippen LogP contribution in [-0.2, 0) is 0 Å². The lowest BCUT2D eigenvalue weighted by molar-refractivity contribution is 0.0362. The first kappa shape index (κ1) is 23.5. The largest absolute Gasteiger partial charge is 0.120 e. The van der Waals surface area contributed by atoms with Crippen molar-refractivity contribution in [3.05, 3.63) is 0 Å². The quantitative estimate of drug-likeness (QED) is 0.280. The minimum absolute atomic E-state index is 0.127. The molecule has 0 nitrogen and oxygen atoms in total. The molecule has 0 spiro atoms. The molecule has 4 heteroatoms. The summed E-state index contributed by atoms with van der Waals surface area (Å²) in [6, 6.07) is 0. The minimum atomic E-state index is -0.215. The molecule has 0 N–H and O–H groups in total. The van der Waals surface area contributed by atoms with Crippen molar-refractivity contribution in [2.24, 2.45) is 17.3 Å². The third kappa shape index (κ3) is 5.24. The summed E-state index contributed by atoms with van der Waals surface area (Å²) in [5, 5.41) is 0.127. The van der Waals surface area contributed by atoms with Crippen molar-refractivity contribution in [3.8, 4) is 0 Å². The third-order valence-electron chi connectivity index (χ3n) is 6.24. The number of rotatable bonds is 8. The average Bonchev–Trinajstić information content (AvgIpc) is 2.48. The molecule has 7 atom stereocenters. The second-order valence-corrected chi connectivity index (χ2v) is 14.8. The van der Waals surface area contributed by atoms with Crippen LogP contribution in [0.3, 0.4) is 0 Å². The van der Waals surface area contributed by atoms with Crippen LogP contribution in [0.15, 0.2) is 0 Å². The summed E-state index contributed by atoms with van der Waals surface area (Å²) in [4.78, 5) is 0.